The molecule has 0 atom stereocenters. The molecule has 0 saturated carbocycles. The molecule has 2 N–H and O–H groups in total. The molecule has 17 rings (SSSR count). The summed E-state index contributed by atoms with van der Waals surface area (Å²) in [7, 11) is -2.16. The maximum atomic E-state index is 8.66. The van der Waals surface area contributed by atoms with Gasteiger partial charge >= 0.3 is 49.8 Å². The zero-order valence-electron chi connectivity index (χ0n) is 78.7. The van der Waals surface area contributed by atoms with Crippen molar-refractivity contribution in [3.63, 3.8) is 0 Å². The van der Waals surface area contributed by atoms with E-state index in [1.165, 1.54) is 38.6 Å². The summed E-state index contributed by atoms with van der Waals surface area (Å²) in [5, 5.41) is 29.7. The van der Waals surface area contributed by atoms with Gasteiger partial charge in [-0.3, -0.25) is 9.97 Å². The molecule has 1 aromatic carbocycles. The minimum Gasteiger partial charge on any atom is -0.481 e. The number of aromatic nitrogens is 8. The summed E-state index contributed by atoms with van der Waals surface area (Å²) in [5.74, 6) is 1.33. The molecule has 9 aliphatic heterocycles. The van der Waals surface area contributed by atoms with Crippen LogP contribution in [0.25, 0.3) is 10.6 Å². The van der Waals surface area contributed by atoms with Crippen molar-refractivity contribution in [1.29, 1.82) is 0 Å². The Hall–Kier alpha value is -5.87. The number of morpholine rings is 2. The van der Waals surface area contributed by atoms with Gasteiger partial charge in [0.25, 0.3) is 0 Å². The molecule has 0 aliphatic carbocycles. The van der Waals surface area contributed by atoms with Crippen LogP contribution in [0.1, 0.15) is 211 Å². The average Bonchev–Trinajstić information content (AvgIpc) is 1.63. The Balaban J connectivity index is 0.000000143. The van der Waals surface area contributed by atoms with Crippen LogP contribution in [0.2, 0.25) is 0 Å². The minimum atomic E-state index is -1.46. The molecule has 0 bridgehead atoms. The van der Waals surface area contributed by atoms with E-state index in [0.717, 1.165) is 125 Å². The van der Waals surface area contributed by atoms with Crippen LogP contribution in [-0.2, 0) is 70.7 Å². The van der Waals surface area contributed by atoms with E-state index >= 15 is 0 Å². The monoisotopic (exact) mass is 1790 g/mol. The fourth-order valence-corrected chi connectivity index (χ4v) is 16.6. The van der Waals surface area contributed by atoms with Gasteiger partial charge in [-0.1, -0.05) is 63.2 Å². The number of piperidine rings is 1. The highest BCUT2D eigenvalue weighted by atomic mass is 32.1. The van der Waals surface area contributed by atoms with E-state index in [9.17, 15) is 0 Å². The van der Waals surface area contributed by atoms with E-state index in [0.29, 0.717) is 16.9 Å². The Morgan fingerprint density at radius 1 is 0.376 bits per heavy atom. The molecule has 676 valence electrons. The van der Waals surface area contributed by atoms with E-state index in [2.05, 4.69) is 199 Å². The van der Waals surface area contributed by atoms with Crippen LogP contribution in [0.15, 0.2) is 107 Å². The number of ether oxygens (including phenoxy) is 3. The highest BCUT2D eigenvalue weighted by Gasteiger charge is 2.58. The third-order valence-electron chi connectivity index (χ3n) is 25.6. The number of nitrogens with zero attached hydrogens (tertiary/aromatic N) is 11. The van der Waals surface area contributed by atoms with Crippen LogP contribution >= 0.6 is 45.3 Å². The number of thiazole rings is 4. The van der Waals surface area contributed by atoms with Crippen LogP contribution < -0.4 is 58.3 Å². The molecule has 0 spiro atoms. The summed E-state index contributed by atoms with van der Waals surface area (Å²) in [6.07, 6.45) is 12.3. The van der Waals surface area contributed by atoms with E-state index in [1.54, 1.807) is 76.2 Å². The van der Waals surface area contributed by atoms with E-state index < -0.39 is 14.2 Å². The van der Waals surface area contributed by atoms with Gasteiger partial charge in [0.15, 0.2) is 10.3 Å². The summed E-state index contributed by atoms with van der Waals surface area (Å²) >= 11 is 6.63. The second-order valence-corrected chi connectivity index (χ2v) is 42.6. The number of pyridine rings is 2. The zero-order chi connectivity index (χ0) is 91.4. The molecule has 9 saturated heterocycles. The lowest BCUT2D eigenvalue weighted by Crippen LogP contribution is -2.41. The van der Waals surface area contributed by atoms with Crippen molar-refractivity contribution in [3.05, 3.63) is 112 Å². The number of anilines is 3. The molecule has 9 fully saturated rings. The SMILES string of the molecule is CC(C)(C)c1nc(B2OC(C)(C)C(C)(C)O2)cs1.CC1(C)OB(c2cccnc2)OC1(C)C.CC1(C)OB(c2cnc(N3CCOCC3)cn2)OC1(C)C.CC1(C)OB(c2csc(-c3ccccc3)n2)OC1(C)C.CC1(C)OB(c2csc(N3CCCCC3)n2)OC1(C)C.CC1(C)OB(c2csc(N3CCOCC3)n2)OC1(C)C.COc1ccc(B(O)O)cn1. The molecule has 8 aromatic rings. The second-order valence-electron chi connectivity index (χ2n) is 39.3. The van der Waals surface area contributed by atoms with Crippen LogP contribution in [0.4, 0.5) is 16.1 Å². The molecule has 28 nitrogen and oxygen atoms in total. The first-order valence-corrected chi connectivity index (χ1v) is 46.8. The lowest BCUT2D eigenvalue weighted by Gasteiger charge is -2.32. The van der Waals surface area contributed by atoms with Gasteiger partial charge in [-0.25, -0.2) is 29.9 Å². The van der Waals surface area contributed by atoms with Gasteiger partial charge < -0.3 is 94.8 Å². The van der Waals surface area contributed by atoms with Gasteiger partial charge in [-0.05, 0) is 198 Å². The third-order valence-corrected chi connectivity index (χ3v) is 29.6. The first kappa shape index (κ1) is 99.7. The van der Waals surface area contributed by atoms with Crippen LogP contribution in [0, 0.1) is 0 Å². The van der Waals surface area contributed by atoms with Gasteiger partial charge in [0.05, 0.1) is 140 Å². The predicted molar refractivity (Wildman–Crippen MR) is 506 cm³/mol. The maximum Gasteiger partial charge on any atom is 0.516 e. The summed E-state index contributed by atoms with van der Waals surface area (Å²) < 4.78 is 87.4. The third kappa shape index (κ3) is 24.3. The largest absolute Gasteiger partial charge is 0.516 e. The first-order valence-electron chi connectivity index (χ1n) is 43.2. The van der Waals surface area contributed by atoms with E-state index in [-0.39, 0.29) is 108 Å². The first-order chi connectivity index (χ1) is 58.2. The maximum absolute atomic E-state index is 8.66. The van der Waals surface area contributed by atoms with Crippen LogP contribution in [0.5, 0.6) is 5.88 Å². The molecule has 16 heterocycles. The Morgan fingerprint density at radius 2 is 0.760 bits per heavy atom. The van der Waals surface area contributed by atoms with Gasteiger partial charge in [0, 0.05) is 107 Å². The Bertz CT molecular complexity index is 4550. The van der Waals surface area contributed by atoms with Crippen molar-refractivity contribution in [2.75, 3.05) is 87.5 Å². The number of benzene rings is 1. The van der Waals surface area contributed by atoms with Crippen LogP contribution in [0.3, 0.4) is 0 Å². The molecule has 9 aliphatic rings. The summed E-state index contributed by atoms with van der Waals surface area (Å²) in [5.41, 5.74) is 2.99. The van der Waals surface area contributed by atoms with Crippen molar-refractivity contribution in [1.82, 2.24) is 39.9 Å². The number of hydrogen-bond acceptors (Lipinski definition) is 32. The predicted octanol–water partition coefficient (Wildman–Crippen LogP) is 10.3. The van der Waals surface area contributed by atoms with Crippen molar-refractivity contribution < 1.29 is 80.1 Å². The fraction of sp³-hybridized carbons (Fsp3) is 0.628. The topological polar surface area (TPSA) is 292 Å². The minimum absolute atomic E-state index is 0.0759. The standard InChI is InChI=1S/C15H18BNO2S.C14H22BN3O3.C14H23BN2O2S.C13H21BN2O3S.C13H22BNO2S.C11H16BNO2.C6H8BNO3/c1-14(2)15(3,4)19-16(18-14)12-10-20-13(17-12)11-8-6-5-7-9-11;1-13(2)14(3,4)21-15(20-13)11-9-17-12(10-16-11)18-5-7-19-8-6-18;1-13(2)14(3,4)19-15(18-13)11-10-20-12(16-11)17-8-6-5-7-9-17;1-12(2)13(3,4)19-14(18-12)10-9-20-11(15-10)16-5-7-17-8-6-16;1-11(2,3)10-15-9(8-18-10)14-16-12(4,5)13(6,7)17-14;1-10(2)11(3,4)15-12(14-10)9-6-5-7-13-8-9;1-11-6-3-2-5(4-8-6)7(9)10/h5-10H,1-4H3;9-10H,5-8H2,1-4H3;10H,5-9H2,1-4H3;9H,5-8H2,1-4H3;8H,1-7H3;5-8H,1-4H3;2-4,9-10H,1H3. The molecular weight excluding hydrogens is 1660 g/mol. The van der Waals surface area contributed by atoms with Gasteiger partial charge in [0.1, 0.15) is 10.8 Å². The molecular formula is C86H130B7N11O17S4. The summed E-state index contributed by atoms with van der Waals surface area (Å²) in [4.78, 5) is 42.4. The van der Waals surface area contributed by atoms with Gasteiger partial charge in [0.2, 0.25) is 5.88 Å². The fourth-order valence-electron chi connectivity index (χ4n) is 13.1. The molecule has 0 amide bonds. The Morgan fingerprint density at radius 3 is 1.13 bits per heavy atom. The second kappa shape index (κ2) is 39.7. The smallest absolute Gasteiger partial charge is 0.481 e. The van der Waals surface area contributed by atoms with Gasteiger partial charge in [-0.2, -0.15) is 0 Å². The van der Waals surface area contributed by atoms with Gasteiger partial charge in [-0.15, -0.1) is 45.3 Å². The summed E-state index contributed by atoms with van der Waals surface area (Å²) in [6, 6.07) is 17.1. The quantitative estimate of drug-likeness (QED) is 0.107. The van der Waals surface area contributed by atoms with Crippen molar-refractivity contribution in [3.8, 4) is 16.5 Å². The zero-order valence-corrected chi connectivity index (χ0v) is 82.0. The van der Waals surface area contributed by atoms with E-state index in [4.69, 9.17) is 85.1 Å². The molecule has 0 radical (unpaired) electrons. The summed E-state index contributed by atoms with van der Waals surface area (Å²) in [6.45, 7) is 64.5. The van der Waals surface area contributed by atoms with Crippen molar-refractivity contribution in [2.45, 2.75) is 279 Å². The molecule has 39 heteroatoms. The van der Waals surface area contributed by atoms with E-state index in [1.807, 2.05) is 102 Å². The lowest BCUT2D eigenvalue weighted by molar-refractivity contribution is 0.00578. The molecule has 0 unspecified atom stereocenters. The number of rotatable bonds is 12. The molecule has 7 aromatic heterocycles. The average molecular weight is 1790 g/mol. The normalized spacial score (nSPS) is 22.2. The highest BCUT2D eigenvalue weighted by molar-refractivity contribution is 7.15. The Labute approximate surface area is 760 Å². The Kier molecular flexibility index (Phi) is 31.6. The van der Waals surface area contributed by atoms with Crippen LogP contribution in [-0.4, -0.2) is 240 Å². The number of hydrogen-bond donors (Lipinski definition) is 2. The molecule has 125 heavy (non-hydrogen) atoms. The lowest BCUT2D eigenvalue weighted by atomic mass is 9.80. The van der Waals surface area contributed by atoms with Crippen molar-refractivity contribution in [2.24, 2.45) is 0 Å². The van der Waals surface area contributed by atoms with Crippen molar-refractivity contribution >= 4 is 150 Å². The number of methoxy groups -OCH3 is 1. The highest BCUT2D eigenvalue weighted by Crippen LogP contribution is 2.43.